The van der Waals surface area contributed by atoms with Gasteiger partial charge in [0.15, 0.2) is 0 Å². The van der Waals surface area contributed by atoms with Crippen LogP contribution in [0.1, 0.15) is 28.9 Å². The average Bonchev–Trinajstić information content (AvgIpc) is 2.98. The number of aromatic nitrogens is 2. The van der Waals surface area contributed by atoms with E-state index in [-0.39, 0.29) is 23.8 Å². The van der Waals surface area contributed by atoms with Crippen LogP contribution in [0.15, 0.2) is 29.2 Å². The number of nitrogens with two attached hydrogens (primary N) is 1. The lowest BCUT2D eigenvalue weighted by molar-refractivity contribution is -0.140. The Morgan fingerprint density at radius 2 is 2.16 bits per heavy atom. The van der Waals surface area contributed by atoms with E-state index in [1.807, 2.05) is 10.3 Å². The molecule has 3 aliphatic heterocycles. The summed E-state index contributed by atoms with van der Waals surface area (Å²) in [5.74, 6) is 0.294. The Bertz CT molecular complexity index is 777. The van der Waals surface area contributed by atoms with Gasteiger partial charge < -0.3 is 15.5 Å². The van der Waals surface area contributed by atoms with Crippen molar-refractivity contribution in [2.24, 2.45) is 5.92 Å². The lowest BCUT2D eigenvalue weighted by Gasteiger charge is -2.35. The number of carbonyl (C=O) groups excluding carboxylic acids is 2. The number of piperidine rings is 1. The Kier molecular flexibility index (Phi) is 4.12. The maximum Gasteiger partial charge on any atom is 0.255 e. The molecule has 3 fully saturated rings. The first-order valence-corrected chi connectivity index (χ1v) is 9.24. The van der Waals surface area contributed by atoms with Gasteiger partial charge in [0.25, 0.3) is 5.91 Å². The third kappa shape index (κ3) is 3.09. The van der Waals surface area contributed by atoms with E-state index in [0.29, 0.717) is 31.0 Å². The van der Waals surface area contributed by atoms with Crippen molar-refractivity contribution >= 4 is 29.0 Å². The normalized spacial score (nSPS) is 23.0. The summed E-state index contributed by atoms with van der Waals surface area (Å²) >= 11 is 1.53. The number of pyridine rings is 1. The number of carbonyl (C=O) groups is 2. The maximum atomic E-state index is 12.8. The van der Waals surface area contributed by atoms with Crippen molar-refractivity contribution in [3.63, 3.8) is 0 Å². The minimum Gasteiger partial charge on any atom is -0.384 e. The molecule has 0 aromatic carbocycles. The van der Waals surface area contributed by atoms with Crippen LogP contribution in [0.4, 0.5) is 5.82 Å². The fraction of sp³-hybridized carbons (Fsp3) is 0.412. The molecule has 0 unspecified atom stereocenters. The zero-order valence-corrected chi connectivity index (χ0v) is 14.5. The van der Waals surface area contributed by atoms with Gasteiger partial charge in [-0.05, 0) is 25.0 Å². The van der Waals surface area contributed by atoms with Crippen LogP contribution >= 0.6 is 11.3 Å². The number of thiazole rings is 1. The van der Waals surface area contributed by atoms with Crippen LogP contribution in [0.25, 0.3) is 0 Å². The zero-order chi connectivity index (χ0) is 17.4. The number of rotatable bonds is 3. The van der Waals surface area contributed by atoms with E-state index in [2.05, 4.69) is 9.97 Å². The molecule has 2 aromatic rings. The zero-order valence-electron chi connectivity index (χ0n) is 13.7. The molecule has 5 heterocycles. The van der Waals surface area contributed by atoms with Gasteiger partial charge in [-0.3, -0.25) is 9.59 Å². The van der Waals surface area contributed by atoms with Gasteiger partial charge in [0.05, 0.1) is 29.2 Å². The quantitative estimate of drug-likeness (QED) is 0.896. The Hall–Kier alpha value is -2.48. The number of anilines is 1. The molecule has 2 amide bonds. The smallest absolute Gasteiger partial charge is 0.255 e. The van der Waals surface area contributed by atoms with Crippen molar-refractivity contribution < 1.29 is 9.59 Å². The van der Waals surface area contributed by atoms with Crippen molar-refractivity contribution in [3.05, 3.63) is 40.5 Å². The summed E-state index contributed by atoms with van der Waals surface area (Å²) in [5.41, 5.74) is 8.79. The second-order valence-electron chi connectivity index (χ2n) is 6.56. The Morgan fingerprint density at radius 3 is 2.88 bits per heavy atom. The summed E-state index contributed by atoms with van der Waals surface area (Å²) in [6.45, 7) is 1.54. The molecule has 5 rings (SSSR count). The van der Waals surface area contributed by atoms with Crippen molar-refractivity contribution in [1.29, 1.82) is 0 Å². The van der Waals surface area contributed by atoms with Gasteiger partial charge in [0.1, 0.15) is 5.82 Å². The van der Waals surface area contributed by atoms with Gasteiger partial charge in [0.2, 0.25) is 5.91 Å². The molecule has 0 spiro atoms. The van der Waals surface area contributed by atoms with Gasteiger partial charge in [-0.2, -0.15) is 0 Å². The van der Waals surface area contributed by atoms with E-state index in [0.717, 1.165) is 18.5 Å². The number of nitrogens with zero attached hydrogens (tertiary/aromatic N) is 4. The standard InChI is InChI=1S/C17H19N5O2S/c18-15-4-2-11(5-19-15)16(23)21-6-12-1-3-14(8-21)22(17(12)24)7-13-9-25-10-20-13/h2,4-5,9-10,12,14H,1,3,6-8H2,(H2,18,19)/t12-,14+/m0/s1. The van der Waals surface area contributed by atoms with Crippen molar-refractivity contribution in [2.75, 3.05) is 18.8 Å². The average molecular weight is 357 g/mol. The Labute approximate surface area is 149 Å². The van der Waals surface area contributed by atoms with Crippen LogP contribution in [0.5, 0.6) is 0 Å². The predicted octanol–water partition coefficient (Wildman–Crippen LogP) is 1.38. The predicted molar refractivity (Wildman–Crippen MR) is 93.7 cm³/mol. The molecular weight excluding hydrogens is 338 g/mol. The second kappa shape index (κ2) is 6.44. The topological polar surface area (TPSA) is 92.4 Å². The first-order chi connectivity index (χ1) is 12.1. The number of fused-ring (bicyclic) bond motifs is 4. The van der Waals surface area contributed by atoms with E-state index in [9.17, 15) is 9.59 Å². The van der Waals surface area contributed by atoms with Crippen molar-refractivity contribution in [1.82, 2.24) is 19.8 Å². The molecule has 3 saturated heterocycles. The summed E-state index contributed by atoms with van der Waals surface area (Å²) in [4.78, 5) is 37.6. The van der Waals surface area contributed by atoms with E-state index in [1.54, 1.807) is 22.5 Å². The summed E-state index contributed by atoms with van der Waals surface area (Å²) < 4.78 is 0. The highest BCUT2D eigenvalue weighted by Gasteiger charge is 2.42. The fourth-order valence-corrected chi connectivity index (χ4v) is 4.17. The molecule has 2 bridgehead atoms. The minimum atomic E-state index is -0.136. The lowest BCUT2D eigenvalue weighted by atomic mass is 9.94. The largest absolute Gasteiger partial charge is 0.384 e. The number of nitrogen functional groups attached to an aromatic ring is 1. The Morgan fingerprint density at radius 1 is 1.28 bits per heavy atom. The molecule has 25 heavy (non-hydrogen) atoms. The molecule has 130 valence electrons. The third-order valence-electron chi connectivity index (χ3n) is 4.93. The lowest BCUT2D eigenvalue weighted by Crippen LogP contribution is -2.47. The van der Waals surface area contributed by atoms with Gasteiger partial charge in [-0.1, -0.05) is 0 Å². The SMILES string of the molecule is Nc1ccc(C(=O)N2C[C@@H]3CC[C@H](C2)N(Cc2cscn2)C3=O)cn1. The Balaban J connectivity index is 1.55. The summed E-state index contributed by atoms with van der Waals surface area (Å²) in [6, 6.07) is 3.35. The molecule has 0 saturated carbocycles. The van der Waals surface area contributed by atoms with Gasteiger partial charge in [0, 0.05) is 30.7 Å². The third-order valence-corrected chi connectivity index (χ3v) is 5.56. The second-order valence-corrected chi connectivity index (χ2v) is 7.27. The molecule has 8 heteroatoms. The minimum absolute atomic E-state index is 0.0404. The highest BCUT2D eigenvalue weighted by atomic mass is 32.1. The highest BCUT2D eigenvalue weighted by Crippen LogP contribution is 2.31. The maximum absolute atomic E-state index is 12.8. The number of hydrogen-bond donors (Lipinski definition) is 1. The summed E-state index contributed by atoms with van der Waals surface area (Å²) in [7, 11) is 0. The molecule has 7 nitrogen and oxygen atoms in total. The van der Waals surface area contributed by atoms with Crippen LogP contribution in [0.2, 0.25) is 0 Å². The fourth-order valence-electron chi connectivity index (χ4n) is 3.62. The van der Waals surface area contributed by atoms with Crippen molar-refractivity contribution in [2.45, 2.75) is 25.4 Å². The van der Waals surface area contributed by atoms with Crippen LogP contribution in [0, 0.1) is 5.92 Å². The molecule has 0 aliphatic carbocycles. The van der Waals surface area contributed by atoms with Gasteiger partial charge in [-0.25, -0.2) is 9.97 Å². The van der Waals surface area contributed by atoms with Crippen molar-refractivity contribution in [3.8, 4) is 0 Å². The van der Waals surface area contributed by atoms with Crippen LogP contribution in [-0.4, -0.2) is 50.7 Å². The summed E-state index contributed by atoms with van der Waals surface area (Å²) in [6.07, 6.45) is 3.25. The molecule has 2 atom stereocenters. The van der Waals surface area contributed by atoms with Crippen LogP contribution < -0.4 is 5.73 Å². The number of hydrogen-bond acceptors (Lipinski definition) is 6. The van der Waals surface area contributed by atoms with Gasteiger partial charge in [-0.15, -0.1) is 11.3 Å². The first kappa shape index (κ1) is 16.0. The summed E-state index contributed by atoms with van der Waals surface area (Å²) in [5, 5.41) is 1.97. The molecule has 2 N–H and O–H groups in total. The van der Waals surface area contributed by atoms with E-state index >= 15 is 0 Å². The number of amides is 2. The first-order valence-electron chi connectivity index (χ1n) is 8.30. The highest BCUT2D eigenvalue weighted by molar-refractivity contribution is 7.07. The molecule has 3 aliphatic rings. The van der Waals surface area contributed by atoms with Crippen LogP contribution in [0.3, 0.4) is 0 Å². The van der Waals surface area contributed by atoms with E-state index in [1.165, 1.54) is 17.5 Å². The van der Waals surface area contributed by atoms with Gasteiger partial charge >= 0.3 is 0 Å². The molecule has 0 radical (unpaired) electrons. The van der Waals surface area contributed by atoms with Crippen LogP contribution in [-0.2, 0) is 11.3 Å². The molecular formula is C17H19N5O2S. The van der Waals surface area contributed by atoms with E-state index < -0.39 is 0 Å². The molecule has 2 aromatic heterocycles. The van der Waals surface area contributed by atoms with E-state index in [4.69, 9.17) is 5.73 Å². The monoisotopic (exact) mass is 357 g/mol.